The molecule has 0 aromatic carbocycles. The summed E-state index contributed by atoms with van der Waals surface area (Å²) in [4.78, 5) is 14.5. The molecule has 2 rings (SSSR count). The van der Waals surface area contributed by atoms with Crippen LogP contribution in [0.3, 0.4) is 0 Å². The number of carbonyl (C=O) groups is 1. The third-order valence-corrected chi connectivity index (χ3v) is 4.61. The van der Waals surface area contributed by atoms with Crippen molar-refractivity contribution in [3.05, 3.63) is 0 Å². The van der Waals surface area contributed by atoms with Crippen molar-refractivity contribution in [2.75, 3.05) is 6.54 Å². The maximum absolute atomic E-state index is 12.4. The van der Waals surface area contributed by atoms with Crippen LogP contribution in [-0.4, -0.2) is 23.4 Å². The minimum absolute atomic E-state index is 0.436. The van der Waals surface area contributed by atoms with Crippen LogP contribution in [0.4, 0.5) is 0 Å². The van der Waals surface area contributed by atoms with E-state index >= 15 is 0 Å². The van der Waals surface area contributed by atoms with E-state index in [9.17, 15) is 4.79 Å². The number of hydrogen-bond donors (Lipinski definition) is 0. The Labute approximate surface area is 106 Å². The molecule has 0 aromatic heterocycles. The SMILES string of the molecule is CCN(C(=O)CC1CCCC1)C1CCCCC1. The first-order valence-corrected chi connectivity index (χ1v) is 7.60. The molecule has 17 heavy (non-hydrogen) atoms. The Morgan fingerprint density at radius 3 is 2.18 bits per heavy atom. The Morgan fingerprint density at radius 1 is 1.00 bits per heavy atom. The summed E-state index contributed by atoms with van der Waals surface area (Å²) in [6.45, 7) is 3.05. The lowest BCUT2D eigenvalue weighted by Crippen LogP contribution is -2.41. The van der Waals surface area contributed by atoms with Gasteiger partial charge < -0.3 is 4.90 Å². The van der Waals surface area contributed by atoms with E-state index in [1.807, 2.05) is 0 Å². The average molecular weight is 237 g/mol. The fourth-order valence-electron chi connectivity index (χ4n) is 3.61. The standard InChI is InChI=1S/C15H27NO/c1-2-16(14-10-4-3-5-11-14)15(17)12-13-8-6-7-9-13/h13-14H,2-12H2,1H3. The Bertz CT molecular complexity index is 239. The number of hydrogen-bond acceptors (Lipinski definition) is 1. The molecule has 0 N–H and O–H groups in total. The second kappa shape index (κ2) is 6.42. The van der Waals surface area contributed by atoms with Crippen molar-refractivity contribution in [2.24, 2.45) is 5.92 Å². The molecule has 0 unspecified atom stereocenters. The van der Waals surface area contributed by atoms with E-state index in [-0.39, 0.29) is 0 Å². The summed E-state index contributed by atoms with van der Waals surface area (Å²) >= 11 is 0. The largest absolute Gasteiger partial charge is 0.340 e. The van der Waals surface area contributed by atoms with Crippen LogP contribution < -0.4 is 0 Å². The van der Waals surface area contributed by atoms with E-state index in [1.54, 1.807) is 0 Å². The molecule has 2 saturated carbocycles. The smallest absolute Gasteiger partial charge is 0.223 e. The third-order valence-electron chi connectivity index (χ3n) is 4.61. The molecule has 0 bridgehead atoms. The fourth-order valence-corrected chi connectivity index (χ4v) is 3.61. The summed E-state index contributed by atoms with van der Waals surface area (Å²) in [5.41, 5.74) is 0. The quantitative estimate of drug-likeness (QED) is 0.729. The number of carbonyl (C=O) groups excluding carboxylic acids is 1. The van der Waals surface area contributed by atoms with Gasteiger partial charge in [0.05, 0.1) is 0 Å². The molecule has 0 aliphatic heterocycles. The highest BCUT2D eigenvalue weighted by atomic mass is 16.2. The molecular formula is C15H27NO. The van der Waals surface area contributed by atoms with Crippen molar-refractivity contribution in [3.8, 4) is 0 Å². The molecule has 0 saturated heterocycles. The van der Waals surface area contributed by atoms with E-state index in [0.29, 0.717) is 17.9 Å². The van der Waals surface area contributed by atoms with Gasteiger partial charge in [0, 0.05) is 19.0 Å². The normalized spacial score (nSPS) is 22.9. The van der Waals surface area contributed by atoms with Gasteiger partial charge in [-0.1, -0.05) is 32.1 Å². The summed E-state index contributed by atoms with van der Waals surface area (Å²) in [5.74, 6) is 1.13. The van der Waals surface area contributed by atoms with Crippen molar-refractivity contribution < 1.29 is 4.79 Å². The lowest BCUT2D eigenvalue weighted by molar-refractivity contribution is -0.134. The fraction of sp³-hybridized carbons (Fsp3) is 0.933. The van der Waals surface area contributed by atoms with Crippen LogP contribution in [0.15, 0.2) is 0 Å². The van der Waals surface area contributed by atoms with Gasteiger partial charge in [-0.2, -0.15) is 0 Å². The van der Waals surface area contributed by atoms with Crippen LogP contribution in [0.2, 0.25) is 0 Å². The zero-order valence-corrected chi connectivity index (χ0v) is 11.3. The summed E-state index contributed by atoms with van der Waals surface area (Å²) in [5, 5.41) is 0. The third kappa shape index (κ3) is 3.46. The topological polar surface area (TPSA) is 20.3 Å². The van der Waals surface area contributed by atoms with Crippen LogP contribution in [0.1, 0.15) is 71.1 Å². The highest BCUT2D eigenvalue weighted by Crippen LogP contribution is 2.29. The molecule has 2 aliphatic carbocycles. The second-order valence-corrected chi connectivity index (χ2v) is 5.83. The minimum atomic E-state index is 0.436. The van der Waals surface area contributed by atoms with Crippen LogP contribution in [0.5, 0.6) is 0 Å². The zero-order valence-electron chi connectivity index (χ0n) is 11.3. The number of nitrogens with zero attached hydrogens (tertiary/aromatic N) is 1. The van der Waals surface area contributed by atoms with Crippen molar-refractivity contribution in [1.29, 1.82) is 0 Å². The van der Waals surface area contributed by atoms with Gasteiger partial charge in [-0.05, 0) is 38.5 Å². The van der Waals surface area contributed by atoms with Crippen molar-refractivity contribution in [1.82, 2.24) is 4.90 Å². The van der Waals surface area contributed by atoms with Gasteiger partial charge in [-0.3, -0.25) is 4.79 Å². The zero-order chi connectivity index (χ0) is 12.1. The summed E-state index contributed by atoms with van der Waals surface area (Å²) < 4.78 is 0. The number of rotatable bonds is 4. The van der Waals surface area contributed by atoms with Gasteiger partial charge in [-0.15, -0.1) is 0 Å². The van der Waals surface area contributed by atoms with Gasteiger partial charge >= 0.3 is 0 Å². The highest BCUT2D eigenvalue weighted by molar-refractivity contribution is 5.76. The monoisotopic (exact) mass is 237 g/mol. The molecular weight excluding hydrogens is 210 g/mol. The first-order chi connectivity index (χ1) is 8.31. The molecule has 2 heteroatoms. The predicted molar refractivity (Wildman–Crippen MR) is 70.8 cm³/mol. The predicted octanol–water partition coefficient (Wildman–Crippen LogP) is 3.75. The average Bonchev–Trinajstić information content (AvgIpc) is 2.84. The first-order valence-electron chi connectivity index (χ1n) is 7.60. The Morgan fingerprint density at radius 2 is 1.59 bits per heavy atom. The summed E-state index contributed by atoms with van der Waals surface area (Å²) in [6.07, 6.45) is 12.6. The highest BCUT2D eigenvalue weighted by Gasteiger charge is 2.26. The van der Waals surface area contributed by atoms with Crippen LogP contribution in [0.25, 0.3) is 0 Å². The van der Waals surface area contributed by atoms with Crippen molar-refractivity contribution >= 4 is 5.91 Å². The molecule has 0 heterocycles. The summed E-state index contributed by atoms with van der Waals surface area (Å²) in [6, 6.07) is 0.558. The Kier molecular flexibility index (Phi) is 4.87. The first kappa shape index (κ1) is 12.9. The van der Waals surface area contributed by atoms with E-state index in [4.69, 9.17) is 0 Å². The van der Waals surface area contributed by atoms with Gasteiger partial charge in [0.2, 0.25) is 5.91 Å². The van der Waals surface area contributed by atoms with Gasteiger partial charge in [0.15, 0.2) is 0 Å². The van der Waals surface area contributed by atoms with E-state index in [1.165, 1.54) is 57.8 Å². The lowest BCUT2D eigenvalue weighted by Gasteiger charge is -2.34. The number of amides is 1. The lowest BCUT2D eigenvalue weighted by atomic mass is 9.93. The van der Waals surface area contributed by atoms with Crippen LogP contribution in [-0.2, 0) is 4.79 Å². The van der Waals surface area contributed by atoms with Crippen molar-refractivity contribution in [2.45, 2.75) is 77.2 Å². The maximum atomic E-state index is 12.4. The maximum Gasteiger partial charge on any atom is 0.223 e. The molecule has 1 amide bonds. The molecule has 0 atom stereocenters. The molecule has 0 spiro atoms. The second-order valence-electron chi connectivity index (χ2n) is 5.83. The van der Waals surface area contributed by atoms with Gasteiger partial charge in [0.25, 0.3) is 0 Å². The van der Waals surface area contributed by atoms with Gasteiger partial charge in [0.1, 0.15) is 0 Å². The van der Waals surface area contributed by atoms with E-state index in [0.717, 1.165) is 13.0 Å². The molecule has 98 valence electrons. The van der Waals surface area contributed by atoms with Crippen molar-refractivity contribution in [3.63, 3.8) is 0 Å². The molecule has 2 aliphatic rings. The minimum Gasteiger partial charge on any atom is -0.340 e. The van der Waals surface area contributed by atoms with Gasteiger partial charge in [-0.25, -0.2) is 0 Å². The molecule has 2 nitrogen and oxygen atoms in total. The van der Waals surface area contributed by atoms with Crippen LogP contribution >= 0.6 is 0 Å². The molecule has 2 fully saturated rings. The Balaban J connectivity index is 1.84. The molecule has 0 radical (unpaired) electrons. The van der Waals surface area contributed by atoms with E-state index in [2.05, 4.69) is 11.8 Å². The van der Waals surface area contributed by atoms with Crippen LogP contribution in [0, 0.1) is 5.92 Å². The molecule has 0 aromatic rings. The van der Waals surface area contributed by atoms with E-state index < -0.39 is 0 Å². The summed E-state index contributed by atoms with van der Waals surface area (Å²) in [7, 11) is 0. The Hall–Kier alpha value is -0.530.